The van der Waals surface area contributed by atoms with Crippen LogP contribution < -0.4 is 9.47 Å². The molecular weight excluding hydrogens is 456 g/mol. The lowest BCUT2D eigenvalue weighted by Crippen LogP contribution is -2.24. The molecule has 0 fully saturated rings. The van der Waals surface area contributed by atoms with Crippen molar-refractivity contribution in [2.75, 3.05) is 32.3 Å². The third-order valence-electron chi connectivity index (χ3n) is 4.04. The van der Waals surface area contributed by atoms with Crippen LogP contribution in [0, 0.1) is 35.6 Å². The quantitative estimate of drug-likeness (QED) is 0.213. The summed E-state index contributed by atoms with van der Waals surface area (Å²) < 4.78 is 71.7. The minimum Gasteiger partial charge on any atom is -0.485 e. The van der Waals surface area contributed by atoms with E-state index < -0.39 is 60.2 Å². The third-order valence-corrected chi connectivity index (χ3v) is 4.39. The second kappa shape index (κ2) is 12.5. The Morgan fingerprint density at radius 1 is 0.812 bits per heavy atom. The Kier molecular flexibility index (Phi) is 10.1. The number of alkyl halides is 1. The predicted molar refractivity (Wildman–Crippen MR) is 109 cm³/mol. The third kappa shape index (κ3) is 7.57. The molecule has 10 heteroatoms. The first kappa shape index (κ1) is 25.7. The van der Waals surface area contributed by atoms with Crippen molar-refractivity contribution in [2.24, 2.45) is 0 Å². The standard InChI is InChI=1S/C22H21ClF4O5/c1-2-3-30-10-16(29)12-32-22-19(26)7-14(8-20(22)27)4-13-5-17(24)21(18(25)6-13)31-11-15(28)9-23/h1,5-8,15-16,28-29H,3-4,9-12H2/t15-,16-/m1/s1. The van der Waals surface area contributed by atoms with Crippen molar-refractivity contribution in [1.82, 2.24) is 0 Å². The molecule has 0 amide bonds. The molecule has 174 valence electrons. The molecule has 0 spiro atoms. The number of halogens is 5. The number of hydrogen-bond donors (Lipinski definition) is 2. The van der Waals surface area contributed by atoms with Crippen LogP contribution in [0.3, 0.4) is 0 Å². The van der Waals surface area contributed by atoms with Crippen LogP contribution in [-0.4, -0.2) is 54.7 Å². The van der Waals surface area contributed by atoms with Gasteiger partial charge in [0.2, 0.25) is 0 Å². The van der Waals surface area contributed by atoms with E-state index in [1.54, 1.807) is 0 Å². The molecule has 0 aliphatic rings. The van der Waals surface area contributed by atoms with E-state index in [1.165, 1.54) is 0 Å². The summed E-state index contributed by atoms with van der Waals surface area (Å²) in [5.41, 5.74) is 0.189. The molecule has 0 radical (unpaired) electrons. The maximum absolute atomic E-state index is 14.3. The van der Waals surface area contributed by atoms with Crippen molar-refractivity contribution >= 4 is 11.6 Å². The van der Waals surface area contributed by atoms with Crippen LogP contribution in [0.25, 0.3) is 0 Å². The molecule has 32 heavy (non-hydrogen) atoms. The summed E-state index contributed by atoms with van der Waals surface area (Å²) in [4.78, 5) is 0. The summed E-state index contributed by atoms with van der Waals surface area (Å²) >= 11 is 5.40. The highest BCUT2D eigenvalue weighted by Crippen LogP contribution is 2.28. The largest absolute Gasteiger partial charge is 0.485 e. The highest BCUT2D eigenvalue weighted by molar-refractivity contribution is 6.18. The Labute approximate surface area is 187 Å². The highest BCUT2D eigenvalue weighted by atomic mass is 35.5. The van der Waals surface area contributed by atoms with E-state index in [2.05, 4.69) is 5.92 Å². The van der Waals surface area contributed by atoms with Gasteiger partial charge in [-0.05, 0) is 41.8 Å². The lowest BCUT2D eigenvalue weighted by atomic mass is 10.0. The normalized spacial score (nSPS) is 12.8. The molecule has 2 rings (SSSR count). The summed E-state index contributed by atoms with van der Waals surface area (Å²) in [6.45, 7) is -1.04. The van der Waals surface area contributed by atoms with Gasteiger partial charge in [0.05, 0.1) is 12.5 Å². The fourth-order valence-corrected chi connectivity index (χ4v) is 2.74. The van der Waals surface area contributed by atoms with Gasteiger partial charge in [0.1, 0.15) is 32.0 Å². The molecule has 2 aromatic carbocycles. The van der Waals surface area contributed by atoms with Crippen LogP contribution in [0.2, 0.25) is 0 Å². The topological polar surface area (TPSA) is 68.2 Å². The van der Waals surface area contributed by atoms with E-state index in [0.29, 0.717) is 0 Å². The molecule has 0 aliphatic carbocycles. The number of ether oxygens (including phenoxy) is 3. The van der Waals surface area contributed by atoms with Gasteiger partial charge in [-0.15, -0.1) is 18.0 Å². The number of aliphatic hydroxyl groups is 2. The first-order valence-electron chi connectivity index (χ1n) is 9.39. The van der Waals surface area contributed by atoms with Crippen LogP contribution in [-0.2, 0) is 11.2 Å². The number of aliphatic hydroxyl groups excluding tert-OH is 2. The molecule has 0 unspecified atom stereocenters. The van der Waals surface area contributed by atoms with Crippen LogP contribution in [0.4, 0.5) is 17.6 Å². The molecule has 2 N–H and O–H groups in total. The van der Waals surface area contributed by atoms with Crippen molar-refractivity contribution < 1.29 is 42.0 Å². The van der Waals surface area contributed by atoms with E-state index in [0.717, 1.165) is 24.3 Å². The Bertz CT molecular complexity index is 904. The summed E-state index contributed by atoms with van der Waals surface area (Å²) in [5.74, 6) is -3.54. The van der Waals surface area contributed by atoms with Crippen molar-refractivity contribution in [3.63, 3.8) is 0 Å². The molecule has 0 saturated heterocycles. The molecule has 5 nitrogen and oxygen atoms in total. The van der Waals surface area contributed by atoms with Crippen molar-refractivity contribution in [2.45, 2.75) is 18.6 Å². The molecule has 0 heterocycles. The molecule has 0 bridgehead atoms. The van der Waals surface area contributed by atoms with Crippen molar-refractivity contribution in [1.29, 1.82) is 0 Å². The van der Waals surface area contributed by atoms with Crippen LogP contribution >= 0.6 is 11.6 Å². The summed E-state index contributed by atoms with van der Waals surface area (Å²) in [5, 5.41) is 19.0. The van der Waals surface area contributed by atoms with Crippen molar-refractivity contribution in [3.8, 4) is 23.8 Å². The number of terminal acetylenes is 1. The first-order chi connectivity index (χ1) is 15.2. The maximum Gasteiger partial charge on any atom is 0.190 e. The van der Waals surface area contributed by atoms with E-state index in [-0.39, 0.29) is 36.6 Å². The number of hydrogen-bond acceptors (Lipinski definition) is 5. The summed E-state index contributed by atoms with van der Waals surface area (Å²) in [6, 6.07) is 3.82. The van der Waals surface area contributed by atoms with E-state index in [1.807, 2.05) is 0 Å². The minimum atomic E-state index is -1.15. The van der Waals surface area contributed by atoms with Gasteiger partial charge in [0, 0.05) is 0 Å². The maximum atomic E-state index is 14.3. The van der Waals surface area contributed by atoms with Crippen LogP contribution in [0.15, 0.2) is 24.3 Å². The van der Waals surface area contributed by atoms with Crippen LogP contribution in [0.1, 0.15) is 11.1 Å². The minimum absolute atomic E-state index is 0.0296. The zero-order chi connectivity index (χ0) is 23.7. The zero-order valence-electron chi connectivity index (χ0n) is 16.8. The predicted octanol–water partition coefficient (Wildman–Crippen LogP) is 3.20. The van der Waals surface area contributed by atoms with Gasteiger partial charge in [-0.25, -0.2) is 17.6 Å². The lowest BCUT2D eigenvalue weighted by Gasteiger charge is -2.14. The van der Waals surface area contributed by atoms with Gasteiger partial charge in [-0.3, -0.25) is 0 Å². The zero-order valence-corrected chi connectivity index (χ0v) is 17.5. The van der Waals surface area contributed by atoms with Gasteiger partial charge < -0.3 is 24.4 Å². The van der Waals surface area contributed by atoms with Crippen LogP contribution in [0.5, 0.6) is 11.5 Å². The second-order valence-electron chi connectivity index (χ2n) is 6.76. The lowest BCUT2D eigenvalue weighted by molar-refractivity contribution is 0.0211. The average molecular weight is 477 g/mol. The second-order valence-corrected chi connectivity index (χ2v) is 7.07. The Hall–Kier alpha value is -2.51. The first-order valence-corrected chi connectivity index (χ1v) is 9.93. The molecule has 0 saturated carbocycles. The van der Waals surface area contributed by atoms with Crippen molar-refractivity contribution in [3.05, 3.63) is 58.7 Å². The average Bonchev–Trinajstić information content (AvgIpc) is 2.72. The molecule has 2 atom stereocenters. The van der Waals surface area contributed by atoms with Gasteiger partial charge in [0.25, 0.3) is 0 Å². The van der Waals surface area contributed by atoms with E-state index >= 15 is 0 Å². The number of rotatable bonds is 12. The fourth-order valence-electron chi connectivity index (χ4n) is 2.65. The SMILES string of the molecule is C#CCOC[C@@H](O)COc1c(F)cc(Cc2cc(F)c(OC[C@H](O)CCl)c(F)c2)cc1F. The van der Waals surface area contributed by atoms with Gasteiger partial charge in [0.15, 0.2) is 34.8 Å². The van der Waals surface area contributed by atoms with E-state index in [9.17, 15) is 27.8 Å². The summed E-state index contributed by atoms with van der Waals surface area (Å²) in [7, 11) is 0. The van der Waals surface area contributed by atoms with Gasteiger partial charge in [-0.2, -0.15) is 0 Å². The monoisotopic (exact) mass is 476 g/mol. The molecular formula is C22H21ClF4O5. The molecule has 0 aliphatic heterocycles. The smallest absolute Gasteiger partial charge is 0.190 e. The Morgan fingerprint density at radius 2 is 1.25 bits per heavy atom. The molecule has 2 aromatic rings. The number of benzene rings is 2. The highest BCUT2D eigenvalue weighted by Gasteiger charge is 2.18. The van der Waals surface area contributed by atoms with E-state index in [4.69, 9.17) is 32.2 Å². The molecule has 0 aromatic heterocycles. The fraction of sp³-hybridized carbons (Fsp3) is 0.364. The van der Waals surface area contributed by atoms with Gasteiger partial charge >= 0.3 is 0 Å². The Balaban J connectivity index is 2.06. The Morgan fingerprint density at radius 3 is 1.66 bits per heavy atom. The summed E-state index contributed by atoms with van der Waals surface area (Å²) in [6.07, 6.45) is 2.56. The van der Waals surface area contributed by atoms with Gasteiger partial charge in [-0.1, -0.05) is 5.92 Å².